The highest BCUT2D eigenvalue weighted by Gasteiger charge is 2.09. The average molecular weight is 341 g/mol. The molecule has 0 spiro atoms. The smallest absolute Gasteiger partial charge is 0.271 e. The fraction of sp³-hybridized carbons (Fsp3) is 0.200. The van der Waals surface area contributed by atoms with Gasteiger partial charge in [-0.2, -0.15) is 10.2 Å². The van der Waals surface area contributed by atoms with Crippen molar-refractivity contribution in [3.8, 4) is 5.82 Å². The Hall–Kier alpha value is -3.56. The molecular formula is C15H15N7O3. The van der Waals surface area contributed by atoms with Crippen molar-refractivity contribution < 1.29 is 4.79 Å². The van der Waals surface area contributed by atoms with Crippen LogP contribution in [0.4, 0.5) is 0 Å². The van der Waals surface area contributed by atoms with Crippen LogP contribution in [0.5, 0.6) is 0 Å². The molecule has 0 aliphatic carbocycles. The van der Waals surface area contributed by atoms with Crippen molar-refractivity contribution in [2.75, 3.05) is 6.54 Å². The fourth-order valence-corrected chi connectivity index (χ4v) is 2.11. The number of hydrogen-bond acceptors (Lipinski definition) is 6. The summed E-state index contributed by atoms with van der Waals surface area (Å²) >= 11 is 0. The van der Waals surface area contributed by atoms with Crippen LogP contribution in [0, 0.1) is 0 Å². The van der Waals surface area contributed by atoms with Crippen LogP contribution >= 0.6 is 0 Å². The largest absolute Gasteiger partial charge is 0.349 e. The Morgan fingerprint density at radius 2 is 1.92 bits per heavy atom. The third-order valence-corrected chi connectivity index (χ3v) is 3.39. The molecule has 0 atom stereocenters. The second kappa shape index (κ2) is 6.91. The van der Waals surface area contributed by atoms with E-state index >= 15 is 0 Å². The van der Waals surface area contributed by atoms with Gasteiger partial charge in [-0.25, -0.2) is 14.0 Å². The topological polar surface area (TPSA) is 117 Å². The highest BCUT2D eigenvalue weighted by molar-refractivity contribution is 5.91. The number of nitrogens with one attached hydrogen (secondary N) is 1. The SMILES string of the molecule is Cn1nc(C(=O)NCCn2nc(-n3cccn3)ccc2=O)ccc1=O. The molecule has 1 amide bonds. The molecule has 0 bridgehead atoms. The zero-order chi connectivity index (χ0) is 17.8. The average Bonchev–Trinajstić information content (AvgIpc) is 3.13. The lowest BCUT2D eigenvalue weighted by Gasteiger charge is -2.08. The molecule has 0 aromatic carbocycles. The lowest BCUT2D eigenvalue weighted by atomic mass is 10.3. The molecule has 0 radical (unpaired) electrons. The molecule has 3 rings (SSSR count). The van der Waals surface area contributed by atoms with Crippen molar-refractivity contribution in [1.29, 1.82) is 0 Å². The fourth-order valence-electron chi connectivity index (χ4n) is 2.11. The molecular weight excluding hydrogens is 326 g/mol. The predicted molar refractivity (Wildman–Crippen MR) is 87.4 cm³/mol. The summed E-state index contributed by atoms with van der Waals surface area (Å²) < 4.78 is 3.85. The molecule has 10 heteroatoms. The molecule has 0 aliphatic rings. The van der Waals surface area contributed by atoms with E-state index in [0.29, 0.717) is 5.82 Å². The number of amides is 1. The van der Waals surface area contributed by atoms with Gasteiger partial charge in [-0.1, -0.05) is 0 Å². The second-order valence-corrected chi connectivity index (χ2v) is 5.14. The number of rotatable bonds is 5. The first-order valence-corrected chi connectivity index (χ1v) is 7.45. The quantitative estimate of drug-likeness (QED) is 0.633. The van der Waals surface area contributed by atoms with Crippen LogP contribution in [-0.2, 0) is 13.6 Å². The highest BCUT2D eigenvalue weighted by Crippen LogP contribution is 1.98. The zero-order valence-corrected chi connectivity index (χ0v) is 13.4. The van der Waals surface area contributed by atoms with Gasteiger partial charge >= 0.3 is 0 Å². The Labute approximate surface area is 141 Å². The van der Waals surface area contributed by atoms with Crippen molar-refractivity contribution in [1.82, 2.24) is 34.7 Å². The van der Waals surface area contributed by atoms with Crippen LogP contribution in [0.2, 0.25) is 0 Å². The number of carbonyl (C=O) groups excluding carboxylic acids is 1. The Kier molecular flexibility index (Phi) is 4.50. The van der Waals surface area contributed by atoms with E-state index in [2.05, 4.69) is 20.6 Å². The van der Waals surface area contributed by atoms with E-state index in [4.69, 9.17) is 0 Å². The first-order valence-electron chi connectivity index (χ1n) is 7.45. The third-order valence-electron chi connectivity index (χ3n) is 3.39. The summed E-state index contributed by atoms with van der Waals surface area (Å²) in [5, 5.41) is 14.8. The Morgan fingerprint density at radius 1 is 1.12 bits per heavy atom. The predicted octanol–water partition coefficient (Wildman–Crippen LogP) is -1.05. The summed E-state index contributed by atoms with van der Waals surface area (Å²) in [6.45, 7) is 0.365. The zero-order valence-electron chi connectivity index (χ0n) is 13.4. The van der Waals surface area contributed by atoms with Crippen LogP contribution in [0.1, 0.15) is 10.5 Å². The van der Waals surface area contributed by atoms with Gasteiger partial charge < -0.3 is 5.32 Å². The molecule has 0 fully saturated rings. The molecule has 3 aromatic heterocycles. The van der Waals surface area contributed by atoms with Gasteiger partial charge in [0.2, 0.25) is 0 Å². The summed E-state index contributed by atoms with van der Waals surface area (Å²) in [7, 11) is 1.46. The number of hydrogen-bond donors (Lipinski definition) is 1. The lowest BCUT2D eigenvalue weighted by molar-refractivity contribution is 0.0944. The minimum absolute atomic E-state index is 0.118. The van der Waals surface area contributed by atoms with Crippen molar-refractivity contribution in [2.24, 2.45) is 7.05 Å². The van der Waals surface area contributed by atoms with Crippen LogP contribution in [0.3, 0.4) is 0 Å². The summed E-state index contributed by atoms with van der Waals surface area (Å²) in [5.41, 5.74) is -0.471. The first kappa shape index (κ1) is 16.3. The Bertz CT molecular complexity index is 1000. The van der Waals surface area contributed by atoms with Crippen LogP contribution in [0.25, 0.3) is 5.82 Å². The van der Waals surface area contributed by atoms with Gasteiger partial charge in [0.25, 0.3) is 17.0 Å². The maximum Gasteiger partial charge on any atom is 0.271 e. The first-order chi connectivity index (χ1) is 12.0. The number of nitrogens with zero attached hydrogens (tertiary/aromatic N) is 6. The number of aromatic nitrogens is 6. The van der Waals surface area contributed by atoms with Gasteiger partial charge in [-0.05, 0) is 18.2 Å². The van der Waals surface area contributed by atoms with Crippen molar-refractivity contribution in [3.63, 3.8) is 0 Å². The summed E-state index contributed by atoms with van der Waals surface area (Å²) in [4.78, 5) is 35.2. The molecule has 1 N–H and O–H groups in total. The Morgan fingerprint density at radius 3 is 2.64 bits per heavy atom. The third kappa shape index (κ3) is 3.68. The van der Waals surface area contributed by atoms with Crippen molar-refractivity contribution in [3.05, 3.63) is 69.1 Å². The van der Waals surface area contributed by atoms with E-state index in [-0.39, 0.29) is 29.9 Å². The highest BCUT2D eigenvalue weighted by atomic mass is 16.2. The van der Waals surface area contributed by atoms with Gasteiger partial charge in [0, 0.05) is 38.1 Å². The maximum absolute atomic E-state index is 12.0. The summed E-state index contributed by atoms with van der Waals surface area (Å²) in [6, 6.07) is 7.32. The number of carbonyl (C=O) groups is 1. The van der Waals surface area contributed by atoms with Crippen LogP contribution in [-0.4, -0.2) is 41.8 Å². The van der Waals surface area contributed by atoms with E-state index in [0.717, 1.165) is 4.68 Å². The van der Waals surface area contributed by atoms with Crippen LogP contribution in [0.15, 0.2) is 52.3 Å². The molecule has 0 saturated heterocycles. The molecule has 3 heterocycles. The molecule has 25 heavy (non-hydrogen) atoms. The summed E-state index contributed by atoms with van der Waals surface area (Å²) in [5.74, 6) is 0.0579. The van der Waals surface area contributed by atoms with E-state index in [1.54, 1.807) is 24.5 Å². The molecule has 128 valence electrons. The van der Waals surface area contributed by atoms with Crippen LogP contribution < -0.4 is 16.4 Å². The minimum Gasteiger partial charge on any atom is -0.349 e. The normalized spacial score (nSPS) is 10.6. The molecule has 0 aliphatic heterocycles. The van der Waals surface area contributed by atoms with Gasteiger partial charge in [-0.3, -0.25) is 14.4 Å². The molecule has 0 unspecified atom stereocenters. The van der Waals surface area contributed by atoms with Gasteiger partial charge in [0.05, 0.1) is 6.54 Å². The van der Waals surface area contributed by atoms with Gasteiger partial charge in [-0.15, -0.1) is 5.10 Å². The van der Waals surface area contributed by atoms with E-state index in [1.807, 2.05) is 0 Å². The Balaban J connectivity index is 1.66. The molecule has 3 aromatic rings. The maximum atomic E-state index is 12.0. The van der Waals surface area contributed by atoms with Gasteiger partial charge in [0.15, 0.2) is 5.82 Å². The monoisotopic (exact) mass is 341 g/mol. The van der Waals surface area contributed by atoms with Gasteiger partial charge in [0.1, 0.15) is 5.69 Å². The van der Waals surface area contributed by atoms with E-state index in [1.165, 1.54) is 34.6 Å². The van der Waals surface area contributed by atoms with E-state index < -0.39 is 5.91 Å². The molecule has 0 saturated carbocycles. The lowest BCUT2D eigenvalue weighted by Crippen LogP contribution is -2.33. The number of aryl methyl sites for hydroxylation is 1. The second-order valence-electron chi connectivity index (χ2n) is 5.14. The van der Waals surface area contributed by atoms with Crippen molar-refractivity contribution >= 4 is 5.91 Å². The molecule has 10 nitrogen and oxygen atoms in total. The standard InChI is InChI=1S/C15H15N7O3/c1-20-13(23)5-3-11(18-20)15(25)16-8-10-22-14(24)6-4-12(19-22)21-9-2-7-17-21/h2-7,9H,8,10H2,1H3,(H,16,25). The summed E-state index contributed by atoms with van der Waals surface area (Å²) in [6.07, 6.45) is 3.32. The van der Waals surface area contributed by atoms with Crippen molar-refractivity contribution in [2.45, 2.75) is 6.54 Å². The minimum atomic E-state index is -0.438. The van der Waals surface area contributed by atoms with E-state index in [9.17, 15) is 14.4 Å².